The standard InChI is InChI=1S/C28H31N5O5S2.ClH/c1-37-23-12-13-24(38-2)26-25(23)30-28(39-26)33-18-16-32(17-19-33)15-14-29-27(34)21-10-6-7-11-22(21)31-40(35,36)20-8-4-3-5-9-20;/h3-13,31H,14-19H2,1-2H3,(H,29,34);1H. The van der Waals surface area contributed by atoms with Gasteiger partial charge in [0.1, 0.15) is 21.7 Å². The second-order valence-electron chi connectivity index (χ2n) is 9.19. The van der Waals surface area contributed by atoms with Crippen LogP contribution in [0.15, 0.2) is 71.6 Å². The quantitative estimate of drug-likeness (QED) is 0.274. The Morgan fingerprint density at radius 3 is 2.29 bits per heavy atom. The van der Waals surface area contributed by atoms with Gasteiger partial charge in [-0.3, -0.25) is 14.4 Å². The number of nitrogens with one attached hydrogen (secondary N) is 2. The van der Waals surface area contributed by atoms with E-state index in [1.165, 1.54) is 12.1 Å². The van der Waals surface area contributed by atoms with Gasteiger partial charge in [0.05, 0.1) is 30.4 Å². The summed E-state index contributed by atoms with van der Waals surface area (Å²) in [7, 11) is -0.522. The Morgan fingerprint density at radius 2 is 1.59 bits per heavy atom. The number of halogens is 1. The van der Waals surface area contributed by atoms with Crippen molar-refractivity contribution in [3.8, 4) is 11.5 Å². The van der Waals surface area contributed by atoms with Crippen LogP contribution >= 0.6 is 23.7 Å². The minimum Gasteiger partial charge on any atom is -0.495 e. The van der Waals surface area contributed by atoms with E-state index in [2.05, 4.69) is 19.8 Å². The number of carbonyl (C=O) groups excluding carboxylic acids is 1. The third-order valence-electron chi connectivity index (χ3n) is 6.72. The van der Waals surface area contributed by atoms with Crippen molar-refractivity contribution in [3.05, 3.63) is 72.3 Å². The second kappa shape index (κ2) is 13.4. The first kappa shape index (κ1) is 30.4. The molecule has 1 aliphatic rings. The lowest BCUT2D eigenvalue weighted by molar-refractivity contribution is 0.0948. The Balaban J connectivity index is 0.00000387. The second-order valence-corrected chi connectivity index (χ2v) is 11.9. The third-order valence-corrected chi connectivity index (χ3v) is 9.24. The van der Waals surface area contributed by atoms with Gasteiger partial charge in [-0.25, -0.2) is 13.4 Å². The summed E-state index contributed by atoms with van der Waals surface area (Å²) in [5.41, 5.74) is 1.31. The van der Waals surface area contributed by atoms with Crippen molar-refractivity contribution in [1.82, 2.24) is 15.2 Å². The van der Waals surface area contributed by atoms with E-state index in [-0.39, 0.29) is 34.5 Å². The zero-order valence-electron chi connectivity index (χ0n) is 22.7. The SMILES string of the molecule is COc1ccc(OC)c2sc(N3CCN(CCNC(=O)c4ccccc4NS(=O)(=O)c4ccccc4)CC3)nc12.Cl. The number of rotatable bonds is 10. The summed E-state index contributed by atoms with van der Waals surface area (Å²) >= 11 is 1.59. The van der Waals surface area contributed by atoms with Gasteiger partial charge >= 0.3 is 0 Å². The summed E-state index contributed by atoms with van der Waals surface area (Å²) in [5, 5.41) is 3.86. The van der Waals surface area contributed by atoms with Crippen LogP contribution in [0.4, 0.5) is 10.8 Å². The highest BCUT2D eigenvalue weighted by atomic mass is 35.5. The van der Waals surface area contributed by atoms with Crippen molar-refractivity contribution in [3.63, 3.8) is 0 Å². The number of piperazine rings is 1. The summed E-state index contributed by atoms with van der Waals surface area (Å²) in [6.07, 6.45) is 0. The molecular formula is C28H32ClN5O5S2. The lowest BCUT2D eigenvalue weighted by atomic mass is 10.1. The average molecular weight is 618 g/mol. The predicted octanol–water partition coefficient (Wildman–Crippen LogP) is 4.09. The van der Waals surface area contributed by atoms with Gasteiger partial charge in [-0.2, -0.15) is 0 Å². The number of hydrogen-bond acceptors (Lipinski definition) is 9. The van der Waals surface area contributed by atoms with Crippen molar-refractivity contribution in [2.75, 3.05) is 63.1 Å². The normalized spacial score (nSPS) is 13.9. The van der Waals surface area contributed by atoms with Crippen LogP contribution in [0.25, 0.3) is 10.2 Å². The molecule has 1 saturated heterocycles. The molecule has 218 valence electrons. The van der Waals surface area contributed by atoms with Gasteiger partial charge in [-0.1, -0.05) is 41.7 Å². The van der Waals surface area contributed by atoms with Crippen LogP contribution in [-0.4, -0.2) is 77.7 Å². The maximum atomic E-state index is 13.0. The number of thiazole rings is 1. The molecule has 2 heterocycles. The zero-order valence-corrected chi connectivity index (χ0v) is 25.2. The minimum absolute atomic E-state index is 0. The number of benzene rings is 3. The number of nitrogens with zero attached hydrogens (tertiary/aromatic N) is 3. The van der Waals surface area contributed by atoms with Crippen molar-refractivity contribution < 1.29 is 22.7 Å². The van der Waals surface area contributed by atoms with Crippen molar-refractivity contribution >= 4 is 60.7 Å². The van der Waals surface area contributed by atoms with Crippen LogP contribution < -0.4 is 24.4 Å². The molecule has 3 aromatic carbocycles. The molecular weight excluding hydrogens is 586 g/mol. The molecule has 0 spiro atoms. The molecule has 0 unspecified atom stereocenters. The zero-order chi connectivity index (χ0) is 28.1. The number of para-hydroxylation sites is 1. The molecule has 1 amide bonds. The fourth-order valence-corrected chi connectivity index (χ4v) is 6.80. The summed E-state index contributed by atoms with van der Waals surface area (Å²) in [5.74, 6) is 1.17. The molecule has 1 fully saturated rings. The summed E-state index contributed by atoms with van der Waals surface area (Å²) in [4.78, 5) is 22.5. The Bertz CT molecular complexity index is 1550. The van der Waals surface area contributed by atoms with E-state index in [1.807, 2.05) is 12.1 Å². The highest BCUT2D eigenvalue weighted by molar-refractivity contribution is 7.92. The maximum absolute atomic E-state index is 13.0. The van der Waals surface area contributed by atoms with E-state index < -0.39 is 10.0 Å². The number of anilines is 2. The lowest BCUT2D eigenvalue weighted by Gasteiger charge is -2.34. The Hall–Kier alpha value is -3.58. The van der Waals surface area contributed by atoms with E-state index >= 15 is 0 Å². The number of aromatic nitrogens is 1. The number of amides is 1. The van der Waals surface area contributed by atoms with E-state index in [4.69, 9.17) is 14.5 Å². The van der Waals surface area contributed by atoms with Gasteiger partial charge in [-0.15, -0.1) is 12.4 Å². The van der Waals surface area contributed by atoms with Gasteiger partial charge in [0.2, 0.25) is 0 Å². The Labute approximate surface area is 249 Å². The number of fused-ring (bicyclic) bond motifs is 1. The smallest absolute Gasteiger partial charge is 0.261 e. The summed E-state index contributed by atoms with van der Waals surface area (Å²) in [6, 6.07) is 18.4. The van der Waals surface area contributed by atoms with Crippen LogP contribution in [0.3, 0.4) is 0 Å². The molecule has 2 N–H and O–H groups in total. The van der Waals surface area contributed by atoms with E-state index in [1.54, 1.807) is 68.0 Å². The number of carbonyl (C=O) groups is 1. The van der Waals surface area contributed by atoms with Crippen LogP contribution in [0, 0.1) is 0 Å². The molecule has 10 nitrogen and oxygen atoms in total. The maximum Gasteiger partial charge on any atom is 0.261 e. The highest BCUT2D eigenvalue weighted by Crippen LogP contribution is 2.40. The fraction of sp³-hybridized carbons (Fsp3) is 0.286. The van der Waals surface area contributed by atoms with E-state index in [0.29, 0.717) is 13.1 Å². The Morgan fingerprint density at radius 1 is 0.927 bits per heavy atom. The van der Waals surface area contributed by atoms with E-state index in [0.717, 1.165) is 53.0 Å². The molecule has 0 atom stereocenters. The van der Waals surface area contributed by atoms with Gasteiger partial charge < -0.3 is 19.7 Å². The number of sulfonamides is 1. The molecule has 5 rings (SSSR count). The van der Waals surface area contributed by atoms with Gasteiger partial charge in [-0.05, 0) is 36.4 Å². The first-order valence-electron chi connectivity index (χ1n) is 12.8. The van der Waals surface area contributed by atoms with Crippen molar-refractivity contribution in [2.24, 2.45) is 0 Å². The molecule has 0 aliphatic carbocycles. The van der Waals surface area contributed by atoms with Crippen LogP contribution in [0.1, 0.15) is 10.4 Å². The number of hydrogen-bond donors (Lipinski definition) is 2. The number of methoxy groups -OCH3 is 2. The summed E-state index contributed by atoms with van der Waals surface area (Å²) in [6.45, 7) is 4.39. The van der Waals surface area contributed by atoms with Gasteiger partial charge in [0.15, 0.2) is 5.13 Å². The largest absolute Gasteiger partial charge is 0.495 e. The van der Waals surface area contributed by atoms with Crippen molar-refractivity contribution in [1.29, 1.82) is 0 Å². The van der Waals surface area contributed by atoms with Crippen LogP contribution in [-0.2, 0) is 10.0 Å². The lowest BCUT2D eigenvalue weighted by Crippen LogP contribution is -2.48. The summed E-state index contributed by atoms with van der Waals surface area (Å²) < 4.78 is 40.0. The molecule has 41 heavy (non-hydrogen) atoms. The molecule has 13 heteroatoms. The first-order chi connectivity index (χ1) is 19.4. The predicted molar refractivity (Wildman–Crippen MR) is 165 cm³/mol. The van der Waals surface area contributed by atoms with Crippen LogP contribution in [0.5, 0.6) is 11.5 Å². The molecule has 1 aliphatic heterocycles. The van der Waals surface area contributed by atoms with E-state index in [9.17, 15) is 13.2 Å². The topological polar surface area (TPSA) is 113 Å². The fourth-order valence-electron chi connectivity index (χ4n) is 4.57. The number of ether oxygens (including phenoxy) is 2. The molecule has 0 bridgehead atoms. The average Bonchev–Trinajstić information content (AvgIpc) is 3.43. The van der Waals surface area contributed by atoms with Crippen molar-refractivity contribution in [2.45, 2.75) is 4.90 Å². The van der Waals surface area contributed by atoms with Crippen LogP contribution in [0.2, 0.25) is 0 Å². The minimum atomic E-state index is -3.81. The molecule has 0 saturated carbocycles. The first-order valence-corrected chi connectivity index (χ1v) is 15.1. The monoisotopic (exact) mass is 617 g/mol. The highest BCUT2D eigenvalue weighted by Gasteiger charge is 2.23. The Kier molecular flexibility index (Phi) is 9.92. The third kappa shape index (κ3) is 6.84. The molecule has 1 aromatic heterocycles. The van der Waals surface area contributed by atoms with Gasteiger partial charge in [0.25, 0.3) is 15.9 Å². The molecule has 0 radical (unpaired) electrons. The molecule has 4 aromatic rings. The van der Waals surface area contributed by atoms with Gasteiger partial charge in [0, 0.05) is 39.3 Å².